The second kappa shape index (κ2) is 10.0. The van der Waals surface area contributed by atoms with Gasteiger partial charge in [-0.1, -0.05) is 36.4 Å². The van der Waals surface area contributed by atoms with Gasteiger partial charge in [-0.15, -0.1) is 0 Å². The smallest absolute Gasteiger partial charge is 0.164 e. The van der Waals surface area contributed by atoms with Crippen LogP contribution in [0.1, 0.15) is 43.1 Å². The van der Waals surface area contributed by atoms with Crippen LogP contribution in [0.3, 0.4) is 0 Å². The minimum absolute atomic E-state index is 0.160. The average Bonchev–Trinajstić information content (AvgIpc) is 3.50. The van der Waals surface area contributed by atoms with Crippen molar-refractivity contribution >= 4 is 39.2 Å². The Labute approximate surface area is 216 Å². The second-order valence-electron chi connectivity index (χ2n) is 9.59. The van der Waals surface area contributed by atoms with E-state index in [9.17, 15) is 8.76 Å². The number of anilines is 1. The summed E-state index contributed by atoms with van der Waals surface area (Å²) in [5.74, 6) is 1.63. The van der Waals surface area contributed by atoms with Crippen molar-refractivity contribution < 1.29 is 8.76 Å². The molecule has 1 aliphatic carbocycles. The third-order valence-electron chi connectivity index (χ3n) is 7.19. The predicted molar refractivity (Wildman–Crippen MR) is 142 cm³/mol. The fourth-order valence-corrected chi connectivity index (χ4v) is 5.69. The summed E-state index contributed by atoms with van der Waals surface area (Å²) in [7, 11) is 0. The number of hydrogen-bond donors (Lipinski definition) is 3. The summed E-state index contributed by atoms with van der Waals surface area (Å²) in [6.07, 6.45) is 5.81. The molecule has 1 fully saturated rings. The van der Waals surface area contributed by atoms with Gasteiger partial charge in [-0.3, -0.25) is 4.21 Å². The highest BCUT2D eigenvalue weighted by atomic mass is 32.2. The van der Waals surface area contributed by atoms with Crippen LogP contribution in [0.15, 0.2) is 54.9 Å². The Bertz CT molecular complexity index is 1570. The van der Waals surface area contributed by atoms with Gasteiger partial charge in [0.25, 0.3) is 0 Å². The van der Waals surface area contributed by atoms with Crippen LogP contribution in [0, 0.1) is 5.92 Å². The summed E-state index contributed by atoms with van der Waals surface area (Å²) < 4.78 is 26.2. The number of nitrogens with zero attached hydrogens (tertiary/aromatic N) is 5. The van der Waals surface area contributed by atoms with E-state index in [4.69, 9.17) is 15.8 Å². The molecule has 5 aromatic rings. The van der Waals surface area contributed by atoms with Crippen LogP contribution in [0.4, 0.5) is 5.82 Å². The van der Waals surface area contributed by atoms with Crippen molar-refractivity contribution in [2.75, 3.05) is 12.3 Å². The molecular weight excluding hydrogens is 488 g/mol. The average molecular weight is 516 g/mol. The molecule has 0 aliphatic heterocycles. The Hall–Kier alpha value is -3.67. The first-order chi connectivity index (χ1) is 18.0. The topological polar surface area (TPSA) is 150 Å². The molecule has 2 aromatic carbocycles. The first-order valence-corrected chi connectivity index (χ1v) is 13.5. The van der Waals surface area contributed by atoms with Crippen LogP contribution >= 0.6 is 0 Å². The van der Waals surface area contributed by atoms with E-state index in [0.717, 1.165) is 71.3 Å². The summed E-state index contributed by atoms with van der Waals surface area (Å²) in [4.78, 5) is 17.0. The largest absolute Gasteiger partial charge is 0.760 e. The van der Waals surface area contributed by atoms with Gasteiger partial charge in [0, 0.05) is 29.8 Å². The van der Waals surface area contributed by atoms with E-state index in [-0.39, 0.29) is 6.04 Å². The van der Waals surface area contributed by atoms with Gasteiger partial charge in [-0.2, -0.15) is 5.10 Å². The van der Waals surface area contributed by atoms with E-state index >= 15 is 0 Å². The number of nitrogens with one attached hydrogen (secondary N) is 2. The quantitative estimate of drug-likeness (QED) is 0.280. The van der Waals surface area contributed by atoms with E-state index < -0.39 is 11.3 Å². The molecule has 1 saturated carbocycles. The number of aromatic nitrogens is 6. The number of nitrogens with two attached hydrogens (primary N) is 1. The highest BCUT2D eigenvalue weighted by Crippen LogP contribution is 2.37. The van der Waals surface area contributed by atoms with Gasteiger partial charge in [0.2, 0.25) is 0 Å². The van der Waals surface area contributed by atoms with E-state index in [2.05, 4.69) is 37.9 Å². The first kappa shape index (κ1) is 23.7. The molecule has 0 saturated heterocycles. The monoisotopic (exact) mass is 515 g/mol. The maximum atomic E-state index is 10.9. The molecular formula is C26H27N8O2S-. The lowest BCUT2D eigenvalue weighted by atomic mass is 9.86. The molecule has 1 unspecified atom stereocenters. The number of imidazole rings is 1. The van der Waals surface area contributed by atoms with Gasteiger partial charge < -0.3 is 15.3 Å². The summed E-state index contributed by atoms with van der Waals surface area (Å²) >= 11 is -2.23. The summed E-state index contributed by atoms with van der Waals surface area (Å²) in [5, 5.41) is 5.76. The van der Waals surface area contributed by atoms with E-state index in [0.29, 0.717) is 18.3 Å². The lowest BCUT2D eigenvalue weighted by Gasteiger charge is -2.29. The van der Waals surface area contributed by atoms with Gasteiger partial charge in [-0.05, 0) is 49.3 Å². The Balaban J connectivity index is 1.31. The molecule has 3 heterocycles. The van der Waals surface area contributed by atoms with Crippen LogP contribution in [0.25, 0.3) is 33.3 Å². The maximum Gasteiger partial charge on any atom is 0.164 e. The molecule has 4 N–H and O–H groups in total. The molecule has 11 heteroatoms. The number of benzene rings is 2. The lowest BCUT2D eigenvalue weighted by molar-refractivity contribution is 0.265. The highest BCUT2D eigenvalue weighted by molar-refractivity contribution is 7.77. The summed E-state index contributed by atoms with van der Waals surface area (Å²) in [5.41, 5.74) is 11.8. The van der Waals surface area contributed by atoms with Gasteiger partial charge in [-0.25, -0.2) is 24.4 Å². The molecule has 0 bridgehead atoms. The minimum atomic E-state index is -2.23. The maximum absolute atomic E-state index is 10.9. The van der Waals surface area contributed by atoms with Crippen LogP contribution in [0.5, 0.6) is 0 Å². The van der Waals surface area contributed by atoms with Gasteiger partial charge in [0.15, 0.2) is 5.65 Å². The van der Waals surface area contributed by atoms with Crippen molar-refractivity contribution in [1.82, 2.24) is 34.4 Å². The molecule has 3 aromatic heterocycles. The fraction of sp³-hybridized carbons (Fsp3) is 0.308. The zero-order valence-corrected chi connectivity index (χ0v) is 20.9. The fourth-order valence-electron chi connectivity index (χ4n) is 5.31. The van der Waals surface area contributed by atoms with Crippen LogP contribution in [-0.2, 0) is 17.7 Å². The Morgan fingerprint density at radius 2 is 1.92 bits per heavy atom. The molecule has 1 atom stereocenters. The van der Waals surface area contributed by atoms with Crippen molar-refractivity contribution in [3.05, 3.63) is 66.2 Å². The van der Waals surface area contributed by atoms with Crippen molar-refractivity contribution in [3.8, 4) is 11.3 Å². The van der Waals surface area contributed by atoms with Crippen molar-refractivity contribution in [2.45, 2.75) is 38.1 Å². The third kappa shape index (κ3) is 4.85. The Morgan fingerprint density at radius 3 is 2.70 bits per heavy atom. The molecule has 0 amide bonds. The molecule has 190 valence electrons. The van der Waals surface area contributed by atoms with Crippen molar-refractivity contribution in [3.63, 3.8) is 0 Å². The zero-order chi connectivity index (χ0) is 25.4. The molecule has 0 radical (unpaired) electrons. The standard InChI is InChI=1S/C26H28N8O2S/c27-25-23-24(18-8-11-20-21(13-18)32-22(31-20)12-16-4-2-1-3-5-16)33-34(26(23)29-15-28-25)19-9-6-17(7-10-19)14-30-37(35)36/h1-5,8,11,13,15,17,19,30H,6-7,9-10,12,14H2,(H,31,32)(H,35,36)(H2,27,28,29)/p-1. The number of fused-ring (bicyclic) bond motifs is 2. The van der Waals surface area contributed by atoms with Crippen LogP contribution < -0.4 is 10.5 Å². The summed E-state index contributed by atoms with van der Waals surface area (Å²) in [6.45, 7) is 0.472. The third-order valence-corrected chi connectivity index (χ3v) is 7.59. The van der Waals surface area contributed by atoms with Crippen LogP contribution in [-0.4, -0.2) is 45.0 Å². The van der Waals surface area contributed by atoms with E-state index in [1.165, 1.54) is 11.9 Å². The highest BCUT2D eigenvalue weighted by Gasteiger charge is 2.27. The van der Waals surface area contributed by atoms with Gasteiger partial charge in [0.1, 0.15) is 23.7 Å². The normalized spacial score (nSPS) is 18.9. The molecule has 10 nitrogen and oxygen atoms in total. The Kier molecular flexibility index (Phi) is 6.41. The molecule has 1 aliphatic rings. The van der Waals surface area contributed by atoms with Crippen molar-refractivity contribution in [1.29, 1.82) is 0 Å². The van der Waals surface area contributed by atoms with Gasteiger partial charge >= 0.3 is 0 Å². The number of nitrogen functional groups attached to an aromatic ring is 1. The number of aromatic amines is 1. The molecule has 0 spiro atoms. The molecule has 6 rings (SSSR count). The zero-order valence-electron chi connectivity index (χ0n) is 20.1. The lowest BCUT2D eigenvalue weighted by Crippen LogP contribution is -2.28. The Morgan fingerprint density at radius 1 is 1.11 bits per heavy atom. The predicted octanol–water partition coefficient (Wildman–Crippen LogP) is 3.66. The first-order valence-electron chi connectivity index (χ1n) is 12.4. The van der Waals surface area contributed by atoms with Gasteiger partial charge in [0.05, 0.1) is 22.5 Å². The number of rotatable bonds is 7. The van der Waals surface area contributed by atoms with E-state index in [1.807, 2.05) is 35.0 Å². The van der Waals surface area contributed by atoms with Crippen LogP contribution in [0.2, 0.25) is 0 Å². The SMILES string of the molecule is Nc1ncnc2c1c(-c1ccc3nc(Cc4ccccc4)[nH]c3c1)nn2C1CCC(CNS(=O)[O-])CC1. The summed E-state index contributed by atoms with van der Waals surface area (Å²) in [6, 6.07) is 16.5. The van der Waals surface area contributed by atoms with E-state index in [1.54, 1.807) is 0 Å². The number of hydrogen-bond acceptors (Lipinski definition) is 7. The minimum Gasteiger partial charge on any atom is -0.760 e. The van der Waals surface area contributed by atoms with Crippen molar-refractivity contribution in [2.24, 2.45) is 5.92 Å². The second-order valence-corrected chi connectivity index (χ2v) is 10.3. The number of H-pyrrole nitrogens is 1. The molecule has 37 heavy (non-hydrogen) atoms.